The Kier molecular flexibility index (Phi) is 5.68. The molecule has 0 spiro atoms. The summed E-state index contributed by atoms with van der Waals surface area (Å²) >= 11 is 9.44. The van der Waals surface area contributed by atoms with E-state index in [1.54, 1.807) is 24.3 Å². The molecule has 0 saturated carbocycles. The number of aryl methyl sites for hydroxylation is 1. The number of amides is 2. The Balaban J connectivity index is 1.61. The Labute approximate surface area is 163 Å². The summed E-state index contributed by atoms with van der Waals surface area (Å²) in [7, 11) is 0. The summed E-state index contributed by atoms with van der Waals surface area (Å²) in [5, 5.41) is 5.68. The fourth-order valence-electron chi connectivity index (χ4n) is 2.42. The molecule has 1 aliphatic heterocycles. The molecule has 2 aromatic rings. The largest absolute Gasteiger partial charge is 0.486 e. The van der Waals surface area contributed by atoms with E-state index in [1.165, 1.54) is 0 Å². The topological polar surface area (TPSA) is 76.7 Å². The van der Waals surface area contributed by atoms with Crippen molar-refractivity contribution >= 4 is 45.0 Å². The van der Waals surface area contributed by atoms with E-state index in [1.807, 2.05) is 13.0 Å². The highest BCUT2D eigenvalue weighted by atomic mass is 79.9. The maximum atomic E-state index is 12.3. The second kappa shape index (κ2) is 7.97. The number of hydrogen-bond donors (Lipinski definition) is 2. The second-order valence-corrected chi connectivity index (χ2v) is 6.96. The van der Waals surface area contributed by atoms with Crippen molar-refractivity contribution in [3.63, 3.8) is 0 Å². The van der Waals surface area contributed by atoms with Gasteiger partial charge >= 0.3 is 0 Å². The van der Waals surface area contributed by atoms with Crippen molar-refractivity contribution in [1.82, 2.24) is 5.32 Å². The third kappa shape index (κ3) is 4.28. The van der Waals surface area contributed by atoms with Gasteiger partial charge in [-0.15, -0.1) is 0 Å². The van der Waals surface area contributed by atoms with Crippen molar-refractivity contribution < 1.29 is 19.1 Å². The summed E-state index contributed by atoms with van der Waals surface area (Å²) < 4.78 is 11.6. The van der Waals surface area contributed by atoms with Gasteiger partial charge in [0.2, 0.25) is 5.91 Å². The lowest BCUT2D eigenvalue weighted by Crippen LogP contribution is -2.33. The van der Waals surface area contributed by atoms with E-state index in [-0.39, 0.29) is 12.5 Å². The van der Waals surface area contributed by atoms with Crippen molar-refractivity contribution in [2.75, 3.05) is 25.1 Å². The van der Waals surface area contributed by atoms with Gasteiger partial charge in [-0.05, 0) is 52.7 Å². The zero-order valence-corrected chi connectivity index (χ0v) is 16.2. The molecule has 0 unspecified atom stereocenters. The highest BCUT2D eigenvalue weighted by molar-refractivity contribution is 9.10. The second-order valence-electron chi connectivity index (χ2n) is 5.70. The van der Waals surface area contributed by atoms with Crippen LogP contribution in [0.5, 0.6) is 11.5 Å². The summed E-state index contributed by atoms with van der Waals surface area (Å²) in [4.78, 5) is 24.4. The molecule has 0 saturated heterocycles. The van der Waals surface area contributed by atoms with Gasteiger partial charge in [0, 0.05) is 5.56 Å². The van der Waals surface area contributed by atoms with E-state index in [0.29, 0.717) is 45.5 Å². The highest BCUT2D eigenvalue weighted by Crippen LogP contribution is 2.38. The van der Waals surface area contributed by atoms with E-state index in [4.69, 9.17) is 21.1 Å². The Hall–Kier alpha value is -2.25. The van der Waals surface area contributed by atoms with Gasteiger partial charge in [-0.25, -0.2) is 0 Å². The molecule has 6 nitrogen and oxygen atoms in total. The van der Waals surface area contributed by atoms with Gasteiger partial charge in [0.05, 0.1) is 21.7 Å². The fraction of sp³-hybridized carbons (Fsp3) is 0.222. The predicted molar refractivity (Wildman–Crippen MR) is 102 cm³/mol. The number of rotatable bonds is 4. The van der Waals surface area contributed by atoms with Crippen LogP contribution in [0.25, 0.3) is 0 Å². The van der Waals surface area contributed by atoms with Crippen LogP contribution in [0.4, 0.5) is 5.69 Å². The van der Waals surface area contributed by atoms with E-state index >= 15 is 0 Å². The normalized spacial score (nSPS) is 12.4. The standard InChI is InChI=1S/C18H16BrClN2O4/c1-10-2-3-14(13(20)6-10)22-16(23)9-21-18(24)11-7-12(19)17-15(8-11)25-4-5-26-17/h2-3,6-8H,4-5,9H2,1H3,(H,21,24)(H,22,23). The molecule has 0 bridgehead atoms. The van der Waals surface area contributed by atoms with Crippen LogP contribution in [0.2, 0.25) is 5.02 Å². The van der Waals surface area contributed by atoms with Crippen LogP contribution < -0.4 is 20.1 Å². The number of carbonyl (C=O) groups is 2. The molecule has 136 valence electrons. The van der Waals surface area contributed by atoms with Gasteiger partial charge in [-0.2, -0.15) is 0 Å². The number of ether oxygens (including phenoxy) is 2. The maximum Gasteiger partial charge on any atom is 0.251 e. The van der Waals surface area contributed by atoms with Crippen LogP contribution >= 0.6 is 27.5 Å². The molecule has 3 rings (SSSR count). The minimum absolute atomic E-state index is 0.185. The van der Waals surface area contributed by atoms with Crippen LogP contribution in [0, 0.1) is 6.92 Å². The Morgan fingerprint density at radius 1 is 1.19 bits per heavy atom. The van der Waals surface area contributed by atoms with Crippen molar-refractivity contribution in [3.05, 3.63) is 51.0 Å². The van der Waals surface area contributed by atoms with Crippen LogP contribution in [0.3, 0.4) is 0 Å². The average molecular weight is 440 g/mol. The van der Waals surface area contributed by atoms with Crippen LogP contribution in [-0.2, 0) is 4.79 Å². The SMILES string of the molecule is Cc1ccc(NC(=O)CNC(=O)c2cc(Br)c3c(c2)OCCO3)c(Cl)c1. The summed E-state index contributed by atoms with van der Waals surface area (Å²) in [5.41, 5.74) is 1.85. The molecular formula is C18H16BrClN2O4. The first-order valence-corrected chi connectivity index (χ1v) is 9.04. The van der Waals surface area contributed by atoms with Crippen molar-refractivity contribution in [3.8, 4) is 11.5 Å². The zero-order valence-electron chi connectivity index (χ0n) is 13.9. The first-order chi connectivity index (χ1) is 12.4. The number of halogens is 2. The molecule has 0 aliphatic carbocycles. The molecule has 8 heteroatoms. The molecule has 26 heavy (non-hydrogen) atoms. The van der Waals surface area contributed by atoms with Crippen molar-refractivity contribution in [2.24, 2.45) is 0 Å². The first-order valence-electron chi connectivity index (χ1n) is 7.87. The lowest BCUT2D eigenvalue weighted by molar-refractivity contribution is -0.115. The first kappa shape index (κ1) is 18.5. The molecular weight excluding hydrogens is 424 g/mol. The lowest BCUT2D eigenvalue weighted by Gasteiger charge is -2.20. The molecule has 1 aliphatic rings. The monoisotopic (exact) mass is 438 g/mol. The van der Waals surface area contributed by atoms with E-state index in [9.17, 15) is 9.59 Å². The molecule has 1 heterocycles. The third-order valence-electron chi connectivity index (χ3n) is 3.67. The quantitative estimate of drug-likeness (QED) is 0.764. The Morgan fingerprint density at radius 2 is 1.96 bits per heavy atom. The molecule has 0 fully saturated rings. The van der Waals surface area contributed by atoms with Crippen molar-refractivity contribution in [1.29, 1.82) is 0 Å². The van der Waals surface area contributed by atoms with Crippen molar-refractivity contribution in [2.45, 2.75) is 6.92 Å². The summed E-state index contributed by atoms with van der Waals surface area (Å²) in [5.74, 6) is 0.291. The minimum atomic E-state index is -0.396. The molecule has 0 atom stereocenters. The summed E-state index contributed by atoms with van der Waals surface area (Å²) in [6.45, 7) is 2.60. The smallest absolute Gasteiger partial charge is 0.251 e. The van der Waals surface area contributed by atoms with E-state index in [2.05, 4.69) is 26.6 Å². The predicted octanol–water partition coefficient (Wildman–Crippen LogP) is 3.55. The number of hydrogen-bond acceptors (Lipinski definition) is 4. The average Bonchev–Trinajstić information content (AvgIpc) is 2.62. The van der Waals surface area contributed by atoms with Crippen LogP contribution in [0.1, 0.15) is 15.9 Å². The van der Waals surface area contributed by atoms with Gasteiger partial charge in [0.15, 0.2) is 11.5 Å². The zero-order chi connectivity index (χ0) is 18.7. The minimum Gasteiger partial charge on any atom is -0.486 e. The third-order valence-corrected chi connectivity index (χ3v) is 4.57. The molecule has 0 radical (unpaired) electrons. The number of carbonyl (C=O) groups excluding carboxylic acids is 2. The summed E-state index contributed by atoms with van der Waals surface area (Å²) in [6, 6.07) is 8.52. The summed E-state index contributed by atoms with van der Waals surface area (Å²) in [6.07, 6.45) is 0. The van der Waals surface area contributed by atoms with Crippen LogP contribution in [0.15, 0.2) is 34.8 Å². The number of fused-ring (bicyclic) bond motifs is 1. The number of benzene rings is 2. The highest BCUT2D eigenvalue weighted by Gasteiger charge is 2.19. The number of anilines is 1. The van der Waals surface area contributed by atoms with E-state index < -0.39 is 5.91 Å². The number of nitrogens with one attached hydrogen (secondary N) is 2. The maximum absolute atomic E-state index is 12.3. The lowest BCUT2D eigenvalue weighted by atomic mass is 10.2. The molecule has 2 aromatic carbocycles. The Bertz CT molecular complexity index is 873. The fourth-order valence-corrected chi connectivity index (χ4v) is 3.26. The van der Waals surface area contributed by atoms with Gasteiger partial charge in [-0.3, -0.25) is 9.59 Å². The molecule has 2 amide bonds. The van der Waals surface area contributed by atoms with Gasteiger partial charge in [0.1, 0.15) is 13.2 Å². The Morgan fingerprint density at radius 3 is 2.73 bits per heavy atom. The van der Waals surface area contributed by atoms with Crippen LogP contribution in [-0.4, -0.2) is 31.6 Å². The van der Waals surface area contributed by atoms with E-state index in [0.717, 1.165) is 5.56 Å². The molecule has 0 aromatic heterocycles. The van der Waals surface area contributed by atoms with Gasteiger partial charge < -0.3 is 20.1 Å². The molecule has 2 N–H and O–H groups in total. The van der Waals surface area contributed by atoms with Gasteiger partial charge in [-0.1, -0.05) is 17.7 Å². The van der Waals surface area contributed by atoms with Gasteiger partial charge in [0.25, 0.3) is 5.91 Å².